The average molecular weight is 386 g/mol. The number of carbonyl (C=O) groups is 2. The summed E-state index contributed by atoms with van der Waals surface area (Å²) >= 11 is 1.62. The number of aromatic nitrogens is 1. The standard InChI is InChI=1S/C21H27N3O2S/c25-19-8-5-9-20(26)24(19)13-4-3-12-23-14-10-16(11-15-23)21-17-6-1-2-7-18(17)27-22-21/h1-2,6-7,16H,3-5,8-15H2. The third-order valence-electron chi connectivity index (χ3n) is 5.87. The second-order valence-electron chi connectivity index (χ2n) is 7.68. The molecule has 0 unspecified atom stereocenters. The summed E-state index contributed by atoms with van der Waals surface area (Å²) in [5.74, 6) is 0.603. The molecule has 2 saturated heterocycles. The van der Waals surface area contributed by atoms with Crippen molar-refractivity contribution in [2.45, 2.75) is 50.9 Å². The molecule has 0 saturated carbocycles. The monoisotopic (exact) mass is 385 g/mol. The predicted octanol–water partition coefficient (Wildman–Crippen LogP) is 3.80. The van der Waals surface area contributed by atoms with E-state index in [9.17, 15) is 9.59 Å². The van der Waals surface area contributed by atoms with Gasteiger partial charge in [0.05, 0.1) is 10.4 Å². The molecule has 0 aliphatic carbocycles. The van der Waals surface area contributed by atoms with Crippen LogP contribution in [0.1, 0.15) is 56.6 Å². The van der Waals surface area contributed by atoms with Gasteiger partial charge in [0.15, 0.2) is 0 Å². The van der Waals surface area contributed by atoms with E-state index in [1.54, 1.807) is 11.5 Å². The number of benzene rings is 1. The number of fused-ring (bicyclic) bond motifs is 1. The first-order valence-corrected chi connectivity index (χ1v) is 10.9. The number of imide groups is 1. The Hall–Kier alpha value is -1.79. The molecule has 0 N–H and O–H groups in total. The topological polar surface area (TPSA) is 53.5 Å². The van der Waals surface area contributed by atoms with E-state index in [2.05, 4.69) is 29.2 Å². The fraction of sp³-hybridized carbons (Fsp3) is 0.571. The summed E-state index contributed by atoms with van der Waals surface area (Å²) < 4.78 is 6.03. The third kappa shape index (κ3) is 4.22. The highest BCUT2D eigenvalue weighted by molar-refractivity contribution is 7.13. The largest absolute Gasteiger partial charge is 0.303 e. The Morgan fingerprint density at radius 2 is 1.70 bits per heavy atom. The van der Waals surface area contributed by atoms with Crippen molar-refractivity contribution in [1.29, 1.82) is 0 Å². The van der Waals surface area contributed by atoms with Crippen LogP contribution < -0.4 is 0 Å². The van der Waals surface area contributed by atoms with Crippen molar-refractivity contribution in [3.05, 3.63) is 30.0 Å². The number of amides is 2. The lowest BCUT2D eigenvalue weighted by Gasteiger charge is -2.31. The van der Waals surface area contributed by atoms with E-state index in [1.165, 1.54) is 20.7 Å². The van der Waals surface area contributed by atoms with Crippen molar-refractivity contribution >= 4 is 33.4 Å². The van der Waals surface area contributed by atoms with Crippen LogP contribution in [-0.4, -0.2) is 52.2 Å². The second-order valence-corrected chi connectivity index (χ2v) is 8.48. The number of hydrogen-bond donors (Lipinski definition) is 0. The van der Waals surface area contributed by atoms with Crippen LogP contribution in [0, 0.1) is 0 Å². The van der Waals surface area contributed by atoms with Gasteiger partial charge in [0.1, 0.15) is 0 Å². The van der Waals surface area contributed by atoms with E-state index in [0.29, 0.717) is 25.3 Å². The fourth-order valence-electron chi connectivity index (χ4n) is 4.28. The van der Waals surface area contributed by atoms with E-state index in [0.717, 1.165) is 51.7 Å². The lowest BCUT2D eigenvalue weighted by Crippen LogP contribution is -2.41. The molecule has 2 aliphatic heterocycles. The Balaban J connectivity index is 1.21. The van der Waals surface area contributed by atoms with Crippen LogP contribution in [0.15, 0.2) is 24.3 Å². The first kappa shape index (κ1) is 18.6. The van der Waals surface area contributed by atoms with Crippen LogP contribution in [0.25, 0.3) is 10.1 Å². The van der Waals surface area contributed by atoms with Crippen molar-refractivity contribution in [3.8, 4) is 0 Å². The van der Waals surface area contributed by atoms with Gasteiger partial charge in [0.25, 0.3) is 0 Å². The molecule has 1 aromatic carbocycles. The number of carbonyl (C=O) groups excluding carboxylic acids is 2. The number of piperidine rings is 2. The summed E-state index contributed by atoms with van der Waals surface area (Å²) in [6, 6.07) is 8.54. The maximum atomic E-state index is 11.8. The molecule has 4 rings (SSSR count). The molecule has 3 heterocycles. The number of nitrogens with zero attached hydrogens (tertiary/aromatic N) is 3. The van der Waals surface area contributed by atoms with Crippen molar-refractivity contribution < 1.29 is 9.59 Å². The quantitative estimate of drug-likeness (QED) is 0.561. The molecule has 6 heteroatoms. The third-order valence-corrected chi connectivity index (χ3v) is 6.71. The molecule has 1 aromatic heterocycles. The summed E-state index contributed by atoms with van der Waals surface area (Å²) in [6.07, 6.45) is 6.07. The number of unbranched alkanes of at least 4 members (excludes halogenated alkanes) is 1. The smallest absolute Gasteiger partial charge is 0.229 e. The molecule has 2 aromatic rings. The van der Waals surface area contributed by atoms with Gasteiger partial charge in [0.2, 0.25) is 11.8 Å². The SMILES string of the molecule is O=C1CCCC(=O)N1CCCCN1CCC(c2nsc3ccccc23)CC1. The molecule has 2 aliphatic rings. The van der Waals surface area contributed by atoms with Crippen molar-refractivity contribution in [2.24, 2.45) is 0 Å². The molecule has 0 bridgehead atoms. The lowest BCUT2D eigenvalue weighted by molar-refractivity contribution is -0.148. The minimum atomic E-state index is 0.0163. The lowest BCUT2D eigenvalue weighted by atomic mass is 9.91. The maximum Gasteiger partial charge on any atom is 0.229 e. The summed E-state index contributed by atoms with van der Waals surface area (Å²) in [7, 11) is 0. The van der Waals surface area contributed by atoms with Crippen LogP contribution in [0.4, 0.5) is 0 Å². The molecule has 0 atom stereocenters. The van der Waals surface area contributed by atoms with E-state index in [1.807, 2.05) is 0 Å². The Kier molecular flexibility index (Phi) is 5.83. The first-order valence-electron chi connectivity index (χ1n) is 10.1. The number of rotatable bonds is 6. The van der Waals surface area contributed by atoms with Gasteiger partial charge in [0, 0.05) is 30.7 Å². The Morgan fingerprint density at radius 1 is 1.00 bits per heavy atom. The average Bonchev–Trinajstić information content (AvgIpc) is 3.12. The number of hydrogen-bond acceptors (Lipinski definition) is 5. The molecule has 2 fully saturated rings. The highest BCUT2D eigenvalue weighted by Crippen LogP contribution is 2.34. The predicted molar refractivity (Wildman–Crippen MR) is 108 cm³/mol. The molecule has 2 amide bonds. The van der Waals surface area contributed by atoms with Crippen LogP contribution in [0.2, 0.25) is 0 Å². The fourth-order valence-corrected chi connectivity index (χ4v) is 5.14. The molecular weight excluding hydrogens is 358 g/mol. The Bertz CT molecular complexity index is 795. The van der Waals surface area contributed by atoms with Crippen molar-refractivity contribution in [1.82, 2.24) is 14.2 Å². The van der Waals surface area contributed by atoms with Gasteiger partial charge in [-0.05, 0) is 69.3 Å². The highest BCUT2D eigenvalue weighted by atomic mass is 32.1. The van der Waals surface area contributed by atoms with E-state index < -0.39 is 0 Å². The van der Waals surface area contributed by atoms with E-state index >= 15 is 0 Å². The molecule has 27 heavy (non-hydrogen) atoms. The van der Waals surface area contributed by atoms with Crippen LogP contribution in [0.3, 0.4) is 0 Å². The summed E-state index contributed by atoms with van der Waals surface area (Å²) in [5.41, 5.74) is 1.29. The number of likely N-dealkylation sites (tertiary alicyclic amines) is 2. The van der Waals surface area contributed by atoms with Gasteiger partial charge in [-0.25, -0.2) is 0 Å². The van der Waals surface area contributed by atoms with Gasteiger partial charge >= 0.3 is 0 Å². The minimum Gasteiger partial charge on any atom is -0.303 e. The first-order chi connectivity index (χ1) is 13.2. The van der Waals surface area contributed by atoms with Gasteiger partial charge in [-0.15, -0.1) is 0 Å². The summed E-state index contributed by atoms with van der Waals surface area (Å²) in [4.78, 5) is 27.7. The molecule has 5 nitrogen and oxygen atoms in total. The van der Waals surface area contributed by atoms with E-state index in [-0.39, 0.29) is 11.8 Å². The summed E-state index contributed by atoms with van der Waals surface area (Å²) in [5, 5.41) is 1.33. The van der Waals surface area contributed by atoms with Crippen LogP contribution in [-0.2, 0) is 9.59 Å². The van der Waals surface area contributed by atoms with Gasteiger partial charge < -0.3 is 4.90 Å². The zero-order chi connectivity index (χ0) is 18.6. The van der Waals surface area contributed by atoms with Crippen LogP contribution >= 0.6 is 11.5 Å². The Morgan fingerprint density at radius 3 is 2.48 bits per heavy atom. The second kappa shape index (κ2) is 8.48. The zero-order valence-corrected chi connectivity index (χ0v) is 16.5. The Labute approximate surface area is 164 Å². The van der Waals surface area contributed by atoms with Crippen molar-refractivity contribution in [3.63, 3.8) is 0 Å². The van der Waals surface area contributed by atoms with Crippen molar-refractivity contribution in [2.75, 3.05) is 26.2 Å². The molecule has 0 radical (unpaired) electrons. The molecule has 144 valence electrons. The minimum absolute atomic E-state index is 0.0163. The summed E-state index contributed by atoms with van der Waals surface area (Å²) in [6.45, 7) is 3.87. The van der Waals surface area contributed by atoms with Gasteiger partial charge in [-0.2, -0.15) is 4.37 Å². The van der Waals surface area contributed by atoms with E-state index in [4.69, 9.17) is 4.37 Å². The molecule has 0 spiro atoms. The molecular formula is C21H27N3O2S. The van der Waals surface area contributed by atoms with Gasteiger partial charge in [-0.3, -0.25) is 14.5 Å². The zero-order valence-electron chi connectivity index (χ0n) is 15.7. The van der Waals surface area contributed by atoms with Gasteiger partial charge in [-0.1, -0.05) is 18.2 Å². The highest BCUT2D eigenvalue weighted by Gasteiger charge is 2.26. The normalized spacial score (nSPS) is 19.9. The maximum absolute atomic E-state index is 11.8. The van der Waals surface area contributed by atoms with Crippen LogP contribution in [0.5, 0.6) is 0 Å².